The summed E-state index contributed by atoms with van der Waals surface area (Å²) in [5, 5.41) is 7.42. The Morgan fingerprint density at radius 1 is 0.491 bits per heavy atom. The number of hydrogen-bond donors (Lipinski definition) is 0. The van der Waals surface area contributed by atoms with Crippen molar-refractivity contribution in [1.82, 2.24) is 4.48 Å². The van der Waals surface area contributed by atoms with E-state index in [1.165, 1.54) is 99.3 Å². The summed E-state index contributed by atoms with van der Waals surface area (Å²) in [7, 11) is 0. The molecular formula is C53H31BN2O. The van der Waals surface area contributed by atoms with Crippen LogP contribution in [-0.2, 0) is 5.41 Å². The Balaban J connectivity index is 1.22. The Morgan fingerprint density at radius 3 is 1.98 bits per heavy atom. The van der Waals surface area contributed by atoms with Crippen LogP contribution in [0.3, 0.4) is 0 Å². The molecule has 4 heteroatoms. The number of anilines is 3. The van der Waals surface area contributed by atoms with Gasteiger partial charge < -0.3 is 13.8 Å². The molecule has 0 saturated carbocycles. The van der Waals surface area contributed by atoms with Gasteiger partial charge >= 0.3 is 6.85 Å². The summed E-state index contributed by atoms with van der Waals surface area (Å²) >= 11 is 0. The van der Waals surface area contributed by atoms with Gasteiger partial charge in [0, 0.05) is 55.6 Å². The van der Waals surface area contributed by atoms with Crippen LogP contribution in [0.1, 0.15) is 22.3 Å². The van der Waals surface area contributed by atoms with Gasteiger partial charge in [-0.2, -0.15) is 0 Å². The second-order valence-corrected chi connectivity index (χ2v) is 15.9. The maximum atomic E-state index is 6.88. The summed E-state index contributed by atoms with van der Waals surface area (Å²) < 4.78 is 9.57. The lowest BCUT2D eigenvalue weighted by atomic mass is 9.43. The summed E-state index contributed by atoms with van der Waals surface area (Å²) in [6, 6.07) is 70.0. The molecule has 0 fully saturated rings. The minimum atomic E-state index is -0.568. The smallest absolute Gasteiger partial charge is 0.333 e. The zero-order valence-corrected chi connectivity index (χ0v) is 30.8. The van der Waals surface area contributed by atoms with Crippen molar-refractivity contribution in [3.05, 3.63) is 210 Å². The summed E-state index contributed by atoms with van der Waals surface area (Å²) in [6.07, 6.45) is 0. The number of para-hydroxylation sites is 4. The molecule has 9 aromatic carbocycles. The van der Waals surface area contributed by atoms with E-state index in [9.17, 15) is 0 Å². The molecule has 5 heterocycles. The normalized spacial score (nSPS) is 14.4. The van der Waals surface area contributed by atoms with Crippen LogP contribution < -0.4 is 15.8 Å². The Morgan fingerprint density at radius 2 is 1.16 bits per heavy atom. The zero-order chi connectivity index (χ0) is 37.0. The Labute approximate surface area is 328 Å². The van der Waals surface area contributed by atoms with E-state index in [1.54, 1.807) is 0 Å². The average molecular weight is 723 g/mol. The van der Waals surface area contributed by atoms with Crippen LogP contribution in [-0.4, -0.2) is 11.3 Å². The predicted molar refractivity (Wildman–Crippen MR) is 237 cm³/mol. The van der Waals surface area contributed by atoms with Crippen LogP contribution in [0.15, 0.2) is 192 Å². The molecule has 14 rings (SSSR count). The average Bonchev–Trinajstić information content (AvgIpc) is 3.81. The molecule has 0 radical (unpaired) electrons. The molecule has 3 nitrogen and oxygen atoms in total. The van der Waals surface area contributed by atoms with Crippen molar-refractivity contribution >= 4 is 89.4 Å². The highest BCUT2D eigenvalue weighted by Crippen LogP contribution is 2.59. The van der Waals surface area contributed by atoms with Crippen molar-refractivity contribution in [2.45, 2.75) is 5.41 Å². The third-order valence-corrected chi connectivity index (χ3v) is 13.4. The van der Waals surface area contributed by atoms with Crippen molar-refractivity contribution in [1.29, 1.82) is 0 Å². The van der Waals surface area contributed by atoms with Crippen LogP contribution in [0, 0.1) is 0 Å². The zero-order valence-electron chi connectivity index (χ0n) is 30.8. The highest BCUT2D eigenvalue weighted by Gasteiger charge is 2.52. The van der Waals surface area contributed by atoms with E-state index in [2.05, 4.69) is 197 Å². The molecule has 0 bridgehead atoms. The monoisotopic (exact) mass is 722 g/mol. The molecule has 2 aromatic heterocycles. The number of benzene rings is 9. The van der Waals surface area contributed by atoms with Crippen LogP contribution in [0.5, 0.6) is 0 Å². The Bertz CT molecular complexity index is 3500. The number of fused-ring (bicyclic) bond motifs is 14. The van der Waals surface area contributed by atoms with Crippen molar-refractivity contribution in [2.24, 2.45) is 0 Å². The molecule has 11 aromatic rings. The second-order valence-electron chi connectivity index (χ2n) is 15.9. The molecular weight excluding hydrogens is 691 g/mol. The lowest BCUT2D eigenvalue weighted by molar-refractivity contribution is 0.669. The predicted octanol–water partition coefficient (Wildman–Crippen LogP) is 12.0. The SMILES string of the molecule is c1ccc(C2(c3ccccc3)c3ccccc3N3c4cc5oc6ccccc6c5c5c4B(c4cccc2c43)n2c3cc4ccccc4cc3c3cccc-5c32)cc1. The molecule has 262 valence electrons. The van der Waals surface area contributed by atoms with E-state index in [4.69, 9.17) is 4.42 Å². The Hall–Kier alpha value is -7.30. The van der Waals surface area contributed by atoms with Gasteiger partial charge in [-0.15, -0.1) is 0 Å². The maximum Gasteiger partial charge on any atom is 0.333 e. The van der Waals surface area contributed by atoms with E-state index in [0.717, 1.165) is 16.6 Å². The van der Waals surface area contributed by atoms with Crippen molar-refractivity contribution < 1.29 is 4.42 Å². The van der Waals surface area contributed by atoms with Crippen molar-refractivity contribution in [3.8, 4) is 11.1 Å². The lowest BCUT2D eigenvalue weighted by Gasteiger charge is -2.50. The molecule has 0 unspecified atom stereocenters. The van der Waals surface area contributed by atoms with Crippen molar-refractivity contribution in [3.63, 3.8) is 0 Å². The largest absolute Gasteiger partial charge is 0.456 e. The number of hydrogen-bond acceptors (Lipinski definition) is 2. The van der Waals surface area contributed by atoms with Gasteiger partial charge in [-0.05, 0) is 73.8 Å². The standard InChI is InChI=1S/C53H31BN2O/c1-3-17-34(18-4-1)53(35-19-5-2-6-20-35)40-24-10-11-27-43(40)55-45-31-47-48(37-21-9-12-28-46(37)57-47)49-38-23-13-22-36-39-29-32-15-7-8-16-33(32)30-44(39)56(51(36)38)54(50(45)49)42-26-14-25-41(53)52(42)55/h1-31H. The van der Waals surface area contributed by atoms with Gasteiger partial charge in [0.25, 0.3) is 0 Å². The molecule has 0 aliphatic carbocycles. The minimum Gasteiger partial charge on any atom is -0.456 e. The third kappa shape index (κ3) is 3.52. The van der Waals surface area contributed by atoms with Gasteiger partial charge in [-0.3, -0.25) is 0 Å². The van der Waals surface area contributed by atoms with E-state index in [1.807, 2.05) is 0 Å². The number of rotatable bonds is 2. The molecule has 0 spiro atoms. The van der Waals surface area contributed by atoms with E-state index >= 15 is 0 Å². The first kappa shape index (κ1) is 30.0. The fourth-order valence-electron chi connectivity index (χ4n) is 11.3. The molecule has 0 N–H and O–H groups in total. The van der Waals surface area contributed by atoms with E-state index in [-0.39, 0.29) is 6.85 Å². The first-order valence-corrected chi connectivity index (χ1v) is 19.9. The first-order chi connectivity index (χ1) is 28.3. The molecule has 0 atom stereocenters. The van der Waals surface area contributed by atoms with Gasteiger partial charge in [0.2, 0.25) is 0 Å². The molecule has 3 aliphatic rings. The van der Waals surface area contributed by atoms with Gasteiger partial charge in [-0.25, -0.2) is 0 Å². The van der Waals surface area contributed by atoms with Gasteiger partial charge in [0.15, 0.2) is 0 Å². The van der Waals surface area contributed by atoms with Gasteiger partial charge in [-0.1, -0.05) is 158 Å². The quantitative estimate of drug-likeness (QED) is 0.166. The van der Waals surface area contributed by atoms with Gasteiger partial charge in [0.1, 0.15) is 11.2 Å². The van der Waals surface area contributed by atoms with E-state index < -0.39 is 5.41 Å². The third-order valence-electron chi connectivity index (χ3n) is 13.4. The summed E-state index contributed by atoms with van der Waals surface area (Å²) in [5.41, 5.74) is 17.6. The molecule has 0 amide bonds. The highest BCUT2D eigenvalue weighted by atomic mass is 16.3. The number of nitrogens with zero attached hydrogens (tertiary/aromatic N) is 2. The molecule has 0 saturated heterocycles. The summed E-state index contributed by atoms with van der Waals surface area (Å²) in [6.45, 7) is -0.0927. The van der Waals surface area contributed by atoms with Crippen molar-refractivity contribution in [2.75, 3.05) is 4.90 Å². The van der Waals surface area contributed by atoms with Crippen LogP contribution >= 0.6 is 0 Å². The first-order valence-electron chi connectivity index (χ1n) is 19.9. The molecule has 3 aliphatic heterocycles. The topological polar surface area (TPSA) is 21.3 Å². The molecule has 57 heavy (non-hydrogen) atoms. The highest BCUT2D eigenvalue weighted by molar-refractivity contribution is 6.90. The number of furan rings is 1. The van der Waals surface area contributed by atoms with Gasteiger partial charge in [0.05, 0.1) is 11.1 Å². The Kier molecular flexibility index (Phi) is 5.53. The summed E-state index contributed by atoms with van der Waals surface area (Å²) in [4.78, 5) is 2.58. The minimum absolute atomic E-state index is 0.0927. The van der Waals surface area contributed by atoms with Crippen LogP contribution in [0.4, 0.5) is 17.1 Å². The van der Waals surface area contributed by atoms with Crippen LogP contribution in [0.25, 0.3) is 65.6 Å². The second kappa shape index (κ2) is 10.5. The summed E-state index contributed by atoms with van der Waals surface area (Å²) in [5.74, 6) is 0. The lowest BCUT2D eigenvalue weighted by Crippen LogP contribution is -2.58. The van der Waals surface area contributed by atoms with Crippen LogP contribution in [0.2, 0.25) is 0 Å². The fourth-order valence-corrected chi connectivity index (χ4v) is 11.3. The fraction of sp³-hybridized carbons (Fsp3) is 0.0189. The maximum absolute atomic E-state index is 6.88. The number of aromatic nitrogens is 1. The van der Waals surface area contributed by atoms with E-state index in [0.29, 0.717) is 0 Å².